The van der Waals surface area contributed by atoms with Gasteiger partial charge >= 0.3 is 0 Å². The molecular formula is C13H11Br2NO2. The molecule has 3 nitrogen and oxygen atoms in total. The Morgan fingerprint density at radius 2 is 1.89 bits per heavy atom. The molecule has 0 aliphatic heterocycles. The third kappa shape index (κ3) is 3.46. The smallest absolute Gasteiger partial charge is 0.265 e. The molecule has 0 radical (unpaired) electrons. The van der Waals surface area contributed by atoms with Crippen LogP contribution in [0.4, 0.5) is 0 Å². The number of para-hydroxylation sites is 1. The molecule has 1 heterocycles. The van der Waals surface area contributed by atoms with Crippen LogP contribution in [0.25, 0.3) is 0 Å². The lowest BCUT2D eigenvalue weighted by molar-refractivity contribution is 0.296. The van der Waals surface area contributed by atoms with E-state index in [1.54, 1.807) is 16.8 Å². The Morgan fingerprint density at radius 1 is 1.17 bits per heavy atom. The van der Waals surface area contributed by atoms with E-state index in [1.165, 1.54) is 0 Å². The molecule has 0 saturated carbocycles. The van der Waals surface area contributed by atoms with Crippen molar-refractivity contribution < 1.29 is 4.74 Å². The van der Waals surface area contributed by atoms with Crippen molar-refractivity contribution in [1.82, 2.24) is 4.57 Å². The fraction of sp³-hybridized carbons (Fsp3) is 0.154. The summed E-state index contributed by atoms with van der Waals surface area (Å²) in [6, 6.07) is 11.3. The van der Waals surface area contributed by atoms with E-state index in [0.717, 1.165) is 10.2 Å². The van der Waals surface area contributed by atoms with E-state index < -0.39 is 0 Å². The maximum Gasteiger partial charge on any atom is 0.265 e. The molecule has 18 heavy (non-hydrogen) atoms. The quantitative estimate of drug-likeness (QED) is 0.822. The minimum absolute atomic E-state index is 0.0603. The Kier molecular flexibility index (Phi) is 4.60. The number of benzene rings is 1. The molecule has 1 aromatic carbocycles. The largest absolute Gasteiger partial charge is 0.492 e. The maximum atomic E-state index is 11.8. The third-order valence-electron chi connectivity index (χ3n) is 2.35. The number of hydrogen-bond acceptors (Lipinski definition) is 2. The highest BCUT2D eigenvalue weighted by atomic mass is 79.9. The van der Waals surface area contributed by atoms with Gasteiger partial charge in [0.25, 0.3) is 5.56 Å². The van der Waals surface area contributed by atoms with Crippen LogP contribution < -0.4 is 10.3 Å². The predicted molar refractivity (Wildman–Crippen MR) is 78.0 cm³/mol. The lowest BCUT2D eigenvalue weighted by Gasteiger charge is -2.09. The summed E-state index contributed by atoms with van der Waals surface area (Å²) < 4.78 is 8.56. The van der Waals surface area contributed by atoms with Gasteiger partial charge in [-0.2, -0.15) is 0 Å². The molecule has 0 N–H and O–H groups in total. The van der Waals surface area contributed by atoms with Gasteiger partial charge in [-0.25, -0.2) is 0 Å². The van der Waals surface area contributed by atoms with E-state index in [0.29, 0.717) is 17.6 Å². The minimum Gasteiger partial charge on any atom is -0.492 e. The monoisotopic (exact) mass is 371 g/mol. The second-order valence-corrected chi connectivity index (χ2v) is 5.44. The Bertz CT molecular complexity index is 581. The number of hydrogen-bond donors (Lipinski definition) is 0. The van der Waals surface area contributed by atoms with Crippen molar-refractivity contribution in [1.29, 1.82) is 0 Å². The summed E-state index contributed by atoms with van der Waals surface area (Å²) in [7, 11) is 0. The normalized spacial score (nSPS) is 10.3. The first-order valence-electron chi connectivity index (χ1n) is 5.40. The number of aromatic nitrogens is 1. The molecule has 0 fully saturated rings. The van der Waals surface area contributed by atoms with Crippen LogP contribution in [0.1, 0.15) is 0 Å². The lowest BCUT2D eigenvalue weighted by Crippen LogP contribution is -2.23. The van der Waals surface area contributed by atoms with E-state index in [2.05, 4.69) is 31.9 Å². The summed E-state index contributed by atoms with van der Waals surface area (Å²) in [5.74, 6) is 0.805. The molecule has 1 aromatic heterocycles. The van der Waals surface area contributed by atoms with Crippen LogP contribution in [-0.4, -0.2) is 11.2 Å². The fourth-order valence-corrected chi connectivity index (χ4v) is 2.77. The Morgan fingerprint density at radius 3 is 2.61 bits per heavy atom. The van der Waals surface area contributed by atoms with Gasteiger partial charge in [-0.1, -0.05) is 18.2 Å². The highest BCUT2D eigenvalue weighted by molar-refractivity contribution is 9.11. The van der Waals surface area contributed by atoms with E-state index in [4.69, 9.17) is 4.74 Å². The van der Waals surface area contributed by atoms with Gasteiger partial charge in [-0.15, -0.1) is 0 Å². The first kappa shape index (κ1) is 13.4. The van der Waals surface area contributed by atoms with Crippen molar-refractivity contribution >= 4 is 31.9 Å². The number of ether oxygens (including phenoxy) is 1. The fourth-order valence-electron chi connectivity index (χ4n) is 1.51. The summed E-state index contributed by atoms with van der Waals surface area (Å²) >= 11 is 6.58. The standard InChI is InChI=1S/C13H11Br2NO2/c14-10-8-12(15)13(17)16(9-10)6-7-18-11-4-2-1-3-5-11/h1-5,8-9H,6-7H2. The molecule has 0 aliphatic rings. The lowest BCUT2D eigenvalue weighted by atomic mass is 10.3. The predicted octanol–water partition coefficient (Wildman–Crippen LogP) is 3.45. The summed E-state index contributed by atoms with van der Waals surface area (Å²) in [6.07, 6.45) is 1.75. The zero-order chi connectivity index (χ0) is 13.0. The SMILES string of the molecule is O=c1c(Br)cc(Br)cn1CCOc1ccccc1. The number of pyridine rings is 1. The van der Waals surface area contributed by atoms with Crippen LogP contribution >= 0.6 is 31.9 Å². The summed E-state index contributed by atoms with van der Waals surface area (Å²) in [4.78, 5) is 11.8. The molecule has 0 saturated heterocycles. The molecule has 0 unspecified atom stereocenters. The molecule has 0 spiro atoms. The zero-order valence-electron chi connectivity index (χ0n) is 9.48. The van der Waals surface area contributed by atoms with Crippen LogP contribution in [0.2, 0.25) is 0 Å². The van der Waals surface area contributed by atoms with Gasteiger partial charge in [0.15, 0.2) is 0 Å². The van der Waals surface area contributed by atoms with Crippen molar-refractivity contribution in [2.45, 2.75) is 6.54 Å². The van der Waals surface area contributed by atoms with Crippen LogP contribution in [0.3, 0.4) is 0 Å². The minimum atomic E-state index is -0.0603. The Balaban J connectivity index is 2.01. The second-order valence-electron chi connectivity index (χ2n) is 3.67. The molecule has 2 rings (SSSR count). The van der Waals surface area contributed by atoms with Gasteiger partial charge in [0, 0.05) is 10.7 Å². The van der Waals surface area contributed by atoms with Crippen LogP contribution in [0, 0.1) is 0 Å². The maximum absolute atomic E-state index is 11.8. The van der Waals surface area contributed by atoms with Gasteiger partial charge in [-0.05, 0) is 50.1 Å². The average molecular weight is 373 g/mol. The van der Waals surface area contributed by atoms with Gasteiger partial charge in [0.2, 0.25) is 0 Å². The highest BCUT2D eigenvalue weighted by Crippen LogP contribution is 2.13. The van der Waals surface area contributed by atoms with Crippen molar-refractivity contribution in [3.05, 3.63) is 61.9 Å². The van der Waals surface area contributed by atoms with Gasteiger partial charge in [0.1, 0.15) is 12.4 Å². The van der Waals surface area contributed by atoms with Crippen molar-refractivity contribution in [2.75, 3.05) is 6.61 Å². The molecule has 2 aromatic rings. The van der Waals surface area contributed by atoms with Crippen LogP contribution in [-0.2, 0) is 6.54 Å². The molecule has 0 bridgehead atoms. The van der Waals surface area contributed by atoms with E-state index >= 15 is 0 Å². The first-order chi connectivity index (χ1) is 8.66. The van der Waals surface area contributed by atoms with Crippen LogP contribution in [0.15, 0.2) is 56.3 Å². The van der Waals surface area contributed by atoms with E-state index in [1.807, 2.05) is 30.3 Å². The van der Waals surface area contributed by atoms with Crippen molar-refractivity contribution in [2.24, 2.45) is 0 Å². The molecule has 94 valence electrons. The molecule has 0 amide bonds. The van der Waals surface area contributed by atoms with Gasteiger partial charge in [-0.3, -0.25) is 4.79 Å². The summed E-state index contributed by atoms with van der Waals surface area (Å²) in [6.45, 7) is 0.957. The van der Waals surface area contributed by atoms with E-state index in [9.17, 15) is 4.79 Å². The number of rotatable bonds is 4. The van der Waals surface area contributed by atoms with Gasteiger partial charge < -0.3 is 9.30 Å². The third-order valence-corrected chi connectivity index (χ3v) is 3.35. The molecule has 5 heteroatoms. The second kappa shape index (κ2) is 6.20. The molecule has 0 aliphatic carbocycles. The van der Waals surface area contributed by atoms with Gasteiger partial charge in [0.05, 0.1) is 11.0 Å². The average Bonchev–Trinajstić information content (AvgIpc) is 2.36. The molecule has 0 atom stereocenters. The molecular weight excluding hydrogens is 362 g/mol. The number of nitrogens with zero attached hydrogens (tertiary/aromatic N) is 1. The van der Waals surface area contributed by atoms with Crippen LogP contribution in [0.5, 0.6) is 5.75 Å². The zero-order valence-corrected chi connectivity index (χ0v) is 12.6. The highest BCUT2D eigenvalue weighted by Gasteiger charge is 2.03. The Hall–Kier alpha value is -1.07. The Labute approximate surface area is 122 Å². The first-order valence-corrected chi connectivity index (χ1v) is 6.99. The van der Waals surface area contributed by atoms with Crippen molar-refractivity contribution in [3.63, 3.8) is 0 Å². The topological polar surface area (TPSA) is 31.2 Å². The summed E-state index contributed by atoms with van der Waals surface area (Å²) in [5.41, 5.74) is -0.0603. The van der Waals surface area contributed by atoms with E-state index in [-0.39, 0.29) is 5.56 Å². The van der Waals surface area contributed by atoms with Crippen molar-refractivity contribution in [3.8, 4) is 5.75 Å². The summed E-state index contributed by atoms with van der Waals surface area (Å²) in [5, 5.41) is 0. The number of halogens is 2.